The second kappa shape index (κ2) is 8.64. The highest BCUT2D eigenvalue weighted by Crippen LogP contribution is 2.38. The molecule has 7 nitrogen and oxygen atoms in total. The molecule has 1 heterocycles. The second-order valence-corrected chi connectivity index (χ2v) is 6.37. The zero-order valence-corrected chi connectivity index (χ0v) is 15.3. The van der Waals surface area contributed by atoms with E-state index in [1.807, 2.05) is 0 Å². The molecule has 0 fully saturated rings. The van der Waals surface area contributed by atoms with Gasteiger partial charge in [-0.05, 0) is 29.8 Å². The SMILES string of the molecule is NC(=O)COc1cccc(NC(=O)Cc2cc(Cl)c3c(c2)OCCCO3)c1. The van der Waals surface area contributed by atoms with Gasteiger partial charge in [-0.3, -0.25) is 9.59 Å². The molecular weight excluding hydrogens is 372 g/mol. The topological polar surface area (TPSA) is 99.9 Å². The maximum atomic E-state index is 12.4. The molecule has 2 amide bonds. The smallest absolute Gasteiger partial charge is 0.255 e. The van der Waals surface area contributed by atoms with Crippen LogP contribution in [0.4, 0.5) is 5.69 Å². The molecule has 0 unspecified atom stereocenters. The van der Waals surface area contributed by atoms with Gasteiger partial charge < -0.3 is 25.3 Å². The monoisotopic (exact) mass is 390 g/mol. The average molecular weight is 391 g/mol. The number of hydrogen-bond donors (Lipinski definition) is 2. The van der Waals surface area contributed by atoms with Gasteiger partial charge in [0, 0.05) is 18.2 Å². The van der Waals surface area contributed by atoms with Gasteiger partial charge in [0.15, 0.2) is 18.1 Å². The van der Waals surface area contributed by atoms with Crippen molar-refractivity contribution in [2.24, 2.45) is 5.73 Å². The van der Waals surface area contributed by atoms with Crippen LogP contribution in [-0.4, -0.2) is 31.6 Å². The molecule has 142 valence electrons. The summed E-state index contributed by atoms with van der Waals surface area (Å²) in [5.41, 5.74) is 6.31. The molecule has 1 aliphatic heterocycles. The molecule has 0 saturated carbocycles. The zero-order valence-electron chi connectivity index (χ0n) is 14.5. The third-order valence-electron chi connectivity index (χ3n) is 3.73. The summed E-state index contributed by atoms with van der Waals surface area (Å²) in [5, 5.41) is 3.20. The molecule has 0 radical (unpaired) electrons. The van der Waals surface area contributed by atoms with E-state index >= 15 is 0 Å². The minimum absolute atomic E-state index is 0.114. The first-order valence-electron chi connectivity index (χ1n) is 8.40. The Morgan fingerprint density at radius 3 is 2.81 bits per heavy atom. The molecule has 0 aliphatic carbocycles. The van der Waals surface area contributed by atoms with E-state index in [9.17, 15) is 9.59 Å². The number of carbonyl (C=O) groups is 2. The Kier molecular flexibility index (Phi) is 6.03. The van der Waals surface area contributed by atoms with E-state index in [1.54, 1.807) is 36.4 Å². The van der Waals surface area contributed by atoms with Gasteiger partial charge in [0.05, 0.1) is 24.7 Å². The third-order valence-corrected chi connectivity index (χ3v) is 4.01. The van der Waals surface area contributed by atoms with Crippen LogP contribution in [0.15, 0.2) is 36.4 Å². The number of halogens is 1. The van der Waals surface area contributed by atoms with Gasteiger partial charge in [0.1, 0.15) is 5.75 Å². The van der Waals surface area contributed by atoms with Crippen LogP contribution in [0.2, 0.25) is 5.02 Å². The van der Waals surface area contributed by atoms with E-state index in [0.29, 0.717) is 46.7 Å². The molecule has 0 spiro atoms. The lowest BCUT2D eigenvalue weighted by Gasteiger charge is -2.12. The van der Waals surface area contributed by atoms with Crippen LogP contribution < -0.4 is 25.3 Å². The summed E-state index contributed by atoms with van der Waals surface area (Å²) < 4.78 is 16.4. The van der Waals surface area contributed by atoms with Crippen molar-refractivity contribution in [2.75, 3.05) is 25.1 Å². The average Bonchev–Trinajstić information content (AvgIpc) is 2.86. The van der Waals surface area contributed by atoms with Gasteiger partial charge in [-0.25, -0.2) is 0 Å². The van der Waals surface area contributed by atoms with Crippen LogP contribution in [-0.2, 0) is 16.0 Å². The van der Waals surface area contributed by atoms with Crippen molar-refractivity contribution in [2.45, 2.75) is 12.8 Å². The summed E-state index contributed by atoms with van der Waals surface area (Å²) in [7, 11) is 0. The first-order chi connectivity index (χ1) is 13.0. The highest BCUT2D eigenvalue weighted by atomic mass is 35.5. The predicted molar refractivity (Wildman–Crippen MR) is 101 cm³/mol. The number of carbonyl (C=O) groups excluding carboxylic acids is 2. The van der Waals surface area contributed by atoms with Gasteiger partial charge in [0.2, 0.25) is 5.91 Å². The number of nitrogens with one attached hydrogen (secondary N) is 1. The van der Waals surface area contributed by atoms with Crippen LogP contribution >= 0.6 is 11.6 Å². The van der Waals surface area contributed by atoms with Gasteiger partial charge >= 0.3 is 0 Å². The Balaban J connectivity index is 1.66. The Morgan fingerprint density at radius 2 is 2.00 bits per heavy atom. The fourth-order valence-electron chi connectivity index (χ4n) is 2.59. The molecule has 3 rings (SSSR count). The molecule has 0 atom stereocenters. The van der Waals surface area contributed by atoms with Crippen molar-refractivity contribution in [3.05, 3.63) is 47.0 Å². The number of nitrogens with two attached hydrogens (primary N) is 1. The lowest BCUT2D eigenvalue weighted by Crippen LogP contribution is -2.20. The Morgan fingerprint density at radius 1 is 1.19 bits per heavy atom. The number of benzene rings is 2. The lowest BCUT2D eigenvalue weighted by atomic mass is 10.1. The van der Waals surface area contributed by atoms with Crippen LogP contribution in [0, 0.1) is 0 Å². The number of ether oxygens (including phenoxy) is 3. The molecule has 2 aromatic rings. The number of amides is 2. The first kappa shape index (κ1) is 18.8. The van der Waals surface area contributed by atoms with Crippen molar-refractivity contribution in [1.29, 1.82) is 0 Å². The quantitative estimate of drug-likeness (QED) is 0.789. The molecule has 8 heteroatoms. The minimum atomic E-state index is -0.573. The first-order valence-corrected chi connectivity index (χ1v) is 8.78. The fourth-order valence-corrected chi connectivity index (χ4v) is 2.88. The van der Waals surface area contributed by atoms with Crippen LogP contribution in [0.25, 0.3) is 0 Å². The number of fused-ring (bicyclic) bond motifs is 1. The van der Waals surface area contributed by atoms with Crippen molar-refractivity contribution in [3.8, 4) is 17.2 Å². The number of primary amides is 1. The third kappa shape index (κ3) is 5.27. The standard InChI is InChI=1S/C19H19ClN2O5/c20-15-7-12(8-16-19(15)26-6-2-5-25-16)9-18(24)22-13-3-1-4-14(10-13)27-11-17(21)23/h1,3-4,7-8,10H,2,5-6,9,11H2,(H2,21,23)(H,22,24). The molecule has 1 aliphatic rings. The van der Waals surface area contributed by atoms with E-state index in [0.717, 1.165) is 6.42 Å². The van der Waals surface area contributed by atoms with E-state index < -0.39 is 5.91 Å². The van der Waals surface area contributed by atoms with Crippen LogP contribution in [0.1, 0.15) is 12.0 Å². The molecule has 0 bridgehead atoms. The summed E-state index contributed by atoms with van der Waals surface area (Å²) in [6, 6.07) is 10.2. The van der Waals surface area contributed by atoms with Gasteiger partial charge in [-0.1, -0.05) is 17.7 Å². The molecule has 2 aromatic carbocycles. The van der Waals surface area contributed by atoms with Crippen LogP contribution in [0.5, 0.6) is 17.2 Å². The van der Waals surface area contributed by atoms with Crippen LogP contribution in [0.3, 0.4) is 0 Å². The lowest BCUT2D eigenvalue weighted by molar-refractivity contribution is -0.120. The zero-order chi connectivity index (χ0) is 19.2. The van der Waals surface area contributed by atoms with Gasteiger partial charge in [-0.2, -0.15) is 0 Å². The summed E-state index contributed by atoms with van der Waals surface area (Å²) in [6.07, 6.45) is 0.887. The summed E-state index contributed by atoms with van der Waals surface area (Å²) in [4.78, 5) is 23.2. The van der Waals surface area contributed by atoms with E-state index in [2.05, 4.69) is 5.32 Å². The second-order valence-electron chi connectivity index (χ2n) is 5.96. The maximum absolute atomic E-state index is 12.4. The van der Waals surface area contributed by atoms with E-state index in [-0.39, 0.29) is 18.9 Å². The minimum Gasteiger partial charge on any atom is -0.489 e. The van der Waals surface area contributed by atoms with E-state index in [4.69, 9.17) is 31.5 Å². The number of anilines is 1. The Hall–Kier alpha value is -2.93. The summed E-state index contributed by atoms with van der Waals surface area (Å²) >= 11 is 6.25. The Bertz CT molecular complexity index is 856. The summed E-state index contributed by atoms with van der Waals surface area (Å²) in [5.74, 6) is 0.691. The van der Waals surface area contributed by atoms with Crippen molar-refractivity contribution >= 4 is 29.1 Å². The van der Waals surface area contributed by atoms with E-state index in [1.165, 1.54) is 0 Å². The Labute approximate surface area is 161 Å². The van der Waals surface area contributed by atoms with Gasteiger partial charge in [0.25, 0.3) is 5.91 Å². The molecule has 27 heavy (non-hydrogen) atoms. The number of hydrogen-bond acceptors (Lipinski definition) is 5. The molecule has 0 aromatic heterocycles. The van der Waals surface area contributed by atoms with Crippen molar-refractivity contribution in [3.63, 3.8) is 0 Å². The largest absolute Gasteiger partial charge is 0.489 e. The number of rotatable bonds is 6. The maximum Gasteiger partial charge on any atom is 0.255 e. The molecule has 3 N–H and O–H groups in total. The summed E-state index contributed by atoms with van der Waals surface area (Å²) in [6.45, 7) is 0.852. The van der Waals surface area contributed by atoms with Gasteiger partial charge in [-0.15, -0.1) is 0 Å². The molecular formula is C19H19ClN2O5. The highest BCUT2D eigenvalue weighted by Gasteiger charge is 2.17. The molecule has 0 saturated heterocycles. The van der Waals surface area contributed by atoms with Crippen molar-refractivity contribution < 1.29 is 23.8 Å². The highest BCUT2D eigenvalue weighted by molar-refractivity contribution is 6.32. The fraction of sp³-hybridized carbons (Fsp3) is 0.263. The van der Waals surface area contributed by atoms with Crippen molar-refractivity contribution in [1.82, 2.24) is 0 Å². The normalized spacial score (nSPS) is 12.8. The predicted octanol–water partition coefficient (Wildman–Crippen LogP) is 2.55.